The molecule has 0 saturated carbocycles. The van der Waals surface area contributed by atoms with E-state index in [1.165, 1.54) is 0 Å². The standard InChI is InChI=1S/C9H16N2O4/c1-2-6(9(13)14)11-8(12)7-5-15-4-3-10-7/h6-7,10H,2-5H2,1H3,(H,11,12)(H,13,14). The zero-order valence-electron chi connectivity index (χ0n) is 8.66. The molecule has 6 heteroatoms. The number of aliphatic carboxylic acids is 1. The van der Waals surface area contributed by atoms with Gasteiger partial charge in [0.1, 0.15) is 12.1 Å². The molecule has 1 rings (SSSR count). The molecule has 1 aliphatic heterocycles. The Kier molecular flexibility index (Phi) is 4.51. The van der Waals surface area contributed by atoms with Crippen molar-refractivity contribution in [3.05, 3.63) is 0 Å². The van der Waals surface area contributed by atoms with Crippen LogP contribution in [-0.2, 0) is 14.3 Å². The second kappa shape index (κ2) is 5.67. The molecule has 1 heterocycles. The number of ether oxygens (including phenoxy) is 1. The molecule has 86 valence electrons. The number of carbonyl (C=O) groups excluding carboxylic acids is 1. The topological polar surface area (TPSA) is 87.7 Å². The highest BCUT2D eigenvalue weighted by Crippen LogP contribution is 1.96. The van der Waals surface area contributed by atoms with E-state index in [1.54, 1.807) is 6.92 Å². The molecule has 15 heavy (non-hydrogen) atoms. The minimum Gasteiger partial charge on any atom is -0.480 e. The van der Waals surface area contributed by atoms with E-state index in [2.05, 4.69) is 10.6 Å². The lowest BCUT2D eigenvalue weighted by Crippen LogP contribution is -2.54. The zero-order valence-corrected chi connectivity index (χ0v) is 8.66. The molecule has 2 unspecified atom stereocenters. The number of amides is 1. The molecule has 0 aromatic carbocycles. The smallest absolute Gasteiger partial charge is 0.326 e. The molecule has 0 aliphatic carbocycles. The largest absolute Gasteiger partial charge is 0.480 e. The van der Waals surface area contributed by atoms with Crippen LogP contribution < -0.4 is 10.6 Å². The van der Waals surface area contributed by atoms with Gasteiger partial charge in [0.15, 0.2) is 0 Å². The Morgan fingerprint density at radius 2 is 2.40 bits per heavy atom. The zero-order chi connectivity index (χ0) is 11.3. The van der Waals surface area contributed by atoms with E-state index in [1.807, 2.05) is 0 Å². The van der Waals surface area contributed by atoms with Gasteiger partial charge in [-0.25, -0.2) is 4.79 Å². The SMILES string of the molecule is CCC(NC(=O)C1COCCN1)C(=O)O. The molecule has 0 spiro atoms. The minimum atomic E-state index is -1.01. The molecule has 1 aliphatic rings. The van der Waals surface area contributed by atoms with Gasteiger partial charge >= 0.3 is 5.97 Å². The van der Waals surface area contributed by atoms with Crippen LogP contribution in [-0.4, -0.2) is 48.8 Å². The molecular formula is C9H16N2O4. The van der Waals surface area contributed by atoms with Crippen LogP contribution >= 0.6 is 0 Å². The summed E-state index contributed by atoms with van der Waals surface area (Å²) in [5, 5.41) is 14.2. The summed E-state index contributed by atoms with van der Waals surface area (Å²) in [7, 11) is 0. The van der Waals surface area contributed by atoms with Crippen molar-refractivity contribution in [3.8, 4) is 0 Å². The molecule has 3 N–H and O–H groups in total. The molecule has 1 saturated heterocycles. The van der Waals surface area contributed by atoms with Crippen molar-refractivity contribution >= 4 is 11.9 Å². The molecule has 0 aromatic rings. The maximum atomic E-state index is 11.6. The summed E-state index contributed by atoms with van der Waals surface area (Å²) in [6, 6.07) is -1.26. The normalized spacial score (nSPS) is 23.1. The summed E-state index contributed by atoms with van der Waals surface area (Å²) in [4.78, 5) is 22.2. The van der Waals surface area contributed by atoms with Crippen molar-refractivity contribution in [2.45, 2.75) is 25.4 Å². The third kappa shape index (κ3) is 3.49. The number of hydrogen-bond donors (Lipinski definition) is 3. The van der Waals surface area contributed by atoms with Crippen molar-refractivity contribution in [1.29, 1.82) is 0 Å². The average molecular weight is 216 g/mol. The van der Waals surface area contributed by atoms with Gasteiger partial charge in [-0.05, 0) is 6.42 Å². The van der Waals surface area contributed by atoms with Crippen LogP contribution in [0.4, 0.5) is 0 Å². The van der Waals surface area contributed by atoms with Crippen molar-refractivity contribution < 1.29 is 19.4 Å². The number of carboxylic acid groups (broad SMARTS) is 1. The number of nitrogens with one attached hydrogen (secondary N) is 2. The van der Waals surface area contributed by atoms with Crippen LogP contribution in [0.1, 0.15) is 13.3 Å². The fourth-order valence-corrected chi connectivity index (χ4v) is 1.34. The predicted octanol–water partition coefficient (Wildman–Crippen LogP) is -1.05. The Labute approximate surface area is 88.0 Å². The summed E-state index contributed by atoms with van der Waals surface area (Å²) in [6.07, 6.45) is 0.370. The average Bonchev–Trinajstić information content (AvgIpc) is 2.26. The third-order valence-corrected chi connectivity index (χ3v) is 2.26. The quantitative estimate of drug-likeness (QED) is 0.558. The van der Waals surface area contributed by atoms with Crippen molar-refractivity contribution in [2.75, 3.05) is 19.8 Å². The third-order valence-electron chi connectivity index (χ3n) is 2.26. The number of carbonyl (C=O) groups is 2. The van der Waals surface area contributed by atoms with Crippen LogP contribution in [0.5, 0.6) is 0 Å². The summed E-state index contributed by atoms with van der Waals surface area (Å²) in [5.41, 5.74) is 0. The highest BCUT2D eigenvalue weighted by molar-refractivity contribution is 5.87. The molecule has 6 nitrogen and oxygen atoms in total. The first kappa shape index (κ1) is 11.9. The van der Waals surface area contributed by atoms with Gasteiger partial charge in [-0.2, -0.15) is 0 Å². The molecule has 1 amide bonds. The lowest BCUT2D eigenvalue weighted by atomic mass is 10.2. The van der Waals surface area contributed by atoms with E-state index in [0.29, 0.717) is 26.2 Å². The maximum Gasteiger partial charge on any atom is 0.326 e. The summed E-state index contributed by atoms with van der Waals surface area (Å²) in [6.45, 7) is 3.20. The molecule has 0 bridgehead atoms. The number of rotatable bonds is 4. The fourth-order valence-electron chi connectivity index (χ4n) is 1.34. The Bertz CT molecular complexity index is 238. The maximum absolute atomic E-state index is 11.6. The Morgan fingerprint density at radius 3 is 2.87 bits per heavy atom. The van der Waals surface area contributed by atoms with Crippen LogP contribution in [0, 0.1) is 0 Å². The van der Waals surface area contributed by atoms with Gasteiger partial charge in [0, 0.05) is 6.54 Å². The van der Waals surface area contributed by atoms with E-state index in [-0.39, 0.29) is 5.91 Å². The molecule has 0 aromatic heterocycles. The van der Waals surface area contributed by atoms with E-state index in [9.17, 15) is 9.59 Å². The van der Waals surface area contributed by atoms with Crippen LogP contribution in [0.15, 0.2) is 0 Å². The second-order valence-electron chi connectivity index (χ2n) is 3.39. The van der Waals surface area contributed by atoms with E-state index < -0.39 is 18.1 Å². The number of morpholine rings is 1. The van der Waals surface area contributed by atoms with E-state index in [0.717, 1.165) is 0 Å². The lowest BCUT2D eigenvalue weighted by Gasteiger charge is -2.24. The van der Waals surface area contributed by atoms with E-state index >= 15 is 0 Å². The molecule has 1 fully saturated rings. The summed E-state index contributed by atoms with van der Waals surface area (Å²) >= 11 is 0. The van der Waals surface area contributed by atoms with Gasteiger partial charge in [0.05, 0.1) is 13.2 Å². The van der Waals surface area contributed by atoms with Gasteiger partial charge < -0.3 is 20.5 Å². The second-order valence-corrected chi connectivity index (χ2v) is 3.39. The Hall–Kier alpha value is -1.14. The minimum absolute atomic E-state index is 0.294. The lowest BCUT2D eigenvalue weighted by molar-refractivity contribution is -0.142. The van der Waals surface area contributed by atoms with E-state index in [4.69, 9.17) is 9.84 Å². The number of carboxylic acids is 1. The fraction of sp³-hybridized carbons (Fsp3) is 0.778. The van der Waals surface area contributed by atoms with Gasteiger partial charge in [-0.1, -0.05) is 6.92 Å². The highest BCUT2D eigenvalue weighted by Gasteiger charge is 2.25. The first-order valence-corrected chi connectivity index (χ1v) is 4.99. The monoisotopic (exact) mass is 216 g/mol. The molecule has 2 atom stereocenters. The van der Waals surface area contributed by atoms with Crippen molar-refractivity contribution in [3.63, 3.8) is 0 Å². The van der Waals surface area contributed by atoms with Crippen LogP contribution in [0.25, 0.3) is 0 Å². The van der Waals surface area contributed by atoms with Crippen molar-refractivity contribution in [2.24, 2.45) is 0 Å². The Morgan fingerprint density at radius 1 is 1.67 bits per heavy atom. The first-order valence-electron chi connectivity index (χ1n) is 4.99. The summed E-state index contributed by atoms with van der Waals surface area (Å²) < 4.78 is 5.11. The highest BCUT2D eigenvalue weighted by atomic mass is 16.5. The summed E-state index contributed by atoms with van der Waals surface area (Å²) in [5.74, 6) is -1.33. The molecular weight excluding hydrogens is 200 g/mol. The van der Waals surface area contributed by atoms with Crippen LogP contribution in [0.3, 0.4) is 0 Å². The van der Waals surface area contributed by atoms with Crippen molar-refractivity contribution in [1.82, 2.24) is 10.6 Å². The van der Waals surface area contributed by atoms with Gasteiger partial charge in [-0.3, -0.25) is 4.79 Å². The van der Waals surface area contributed by atoms with Crippen LogP contribution in [0.2, 0.25) is 0 Å². The van der Waals surface area contributed by atoms with Gasteiger partial charge in [0.2, 0.25) is 5.91 Å². The first-order chi connectivity index (χ1) is 7.15. The van der Waals surface area contributed by atoms with Gasteiger partial charge in [0.25, 0.3) is 0 Å². The molecule has 0 radical (unpaired) electrons. The van der Waals surface area contributed by atoms with Gasteiger partial charge in [-0.15, -0.1) is 0 Å². The number of hydrogen-bond acceptors (Lipinski definition) is 4. The Balaban J connectivity index is 2.42. The predicted molar refractivity (Wildman–Crippen MR) is 52.5 cm³/mol.